The molecule has 1 unspecified atom stereocenters. The van der Waals surface area contributed by atoms with E-state index in [-0.39, 0.29) is 11.5 Å². The molecule has 2 N–H and O–H groups in total. The largest absolute Gasteiger partial charge is 0.431 e. The molecule has 0 spiro atoms. The SMILES string of the molecule is O=C(Nc1ccc(Cl)cc1)OC(C(=O)NCC1CCN(c2ccncc2)CC1)c1ccccc1F. The second kappa shape index (κ2) is 11.7. The van der Waals surface area contributed by atoms with Gasteiger partial charge in [0.25, 0.3) is 5.91 Å². The molecule has 9 heteroatoms. The number of nitrogens with zero attached hydrogens (tertiary/aromatic N) is 2. The van der Waals surface area contributed by atoms with Crippen LogP contribution in [0.15, 0.2) is 73.1 Å². The monoisotopic (exact) mass is 496 g/mol. The summed E-state index contributed by atoms with van der Waals surface area (Å²) in [6.45, 7) is 2.14. The normalized spacial score (nSPS) is 14.7. The third-order valence-electron chi connectivity index (χ3n) is 5.95. The van der Waals surface area contributed by atoms with Crippen LogP contribution in [0.4, 0.5) is 20.6 Å². The van der Waals surface area contributed by atoms with E-state index in [0.29, 0.717) is 17.3 Å². The summed E-state index contributed by atoms with van der Waals surface area (Å²) in [4.78, 5) is 31.9. The maximum Gasteiger partial charge on any atom is 0.412 e. The first-order chi connectivity index (χ1) is 17.0. The summed E-state index contributed by atoms with van der Waals surface area (Å²) in [5, 5.41) is 5.90. The molecule has 0 aliphatic carbocycles. The minimum atomic E-state index is -1.43. The van der Waals surface area contributed by atoms with Gasteiger partial charge in [-0.3, -0.25) is 15.1 Å². The number of amides is 2. The minimum Gasteiger partial charge on any atom is -0.431 e. The number of pyridine rings is 1. The van der Waals surface area contributed by atoms with E-state index in [1.807, 2.05) is 12.1 Å². The van der Waals surface area contributed by atoms with Crippen molar-refractivity contribution in [3.63, 3.8) is 0 Å². The lowest BCUT2D eigenvalue weighted by Crippen LogP contribution is -2.40. The molecule has 1 saturated heterocycles. The Labute approximate surface area is 208 Å². The molecule has 3 aromatic rings. The van der Waals surface area contributed by atoms with Crippen LogP contribution in [0.25, 0.3) is 0 Å². The van der Waals surface area contributed by atoms with Crippen molar-refractivity contribution in [3.05, 3.63) is 89.5 Å². The first-order valence-electron chi connectivity index (χ1n) is 11.4. The number of anilines is 2. The molecule has 2 heterocycles. The standard InChI is InChI=1S/C26H26ClFN4O3/c27-19-5-7-20(8-6-19)31-26(34)35-24(22-3-1-2-4-23(22)28)25(33)30-17-18-11-15-32(16-12-18)21-9-13-29-14-10-21/h1-10,13-14,18,24H,11-12,15-17H2,(H,30,33)(H,31,34). The van der Waals surface area contributed by atoms with Crippen molar-refractivity contribution in [3.8, 4) is 0 Å². The fourth-order valence-electron chi connectivity index (χ4n) is 4.02. The summed E-state index contributed by atoms with van der Waals surface area (Å²) in [5.41, 5.74) is 1.55. The van der Waals surface area contributed by atoms with E-state index >= 15 is 0 Å². The molecule has 2 aromatic carbocycles. The predicted molar refractivity (Wildman–Crippen MR) is 133 cm³/mol. The van der Waals surface area contributed by atoms with Crippen LogP contribution in [0.2, 0.25) is 5.02 Å². The lowest BCUT2D eigenvalue weighted by molar-refractivity contribution is -0.130. The average Bonchev–Trinajstić information content (AvgIpc) is 2.88. The van der Waals surface area contributed by atoms with Crippen molar-refractivity contribution in [1.82, 2.24) is 10.3 Å². The molecule has 1 aromatic heterocycles. The minimum absolute atomic E-state index is 0.0104. The molecule has 182 valence electrons. The number of ether oxygens (including phenoxy) is 1. The Bertz CT molecular complexity index is 1140. The molecule has 0 saturated carbocycles. The zero-order valence-corrected chi connectivity index (χ0v) is 19.7. The molecule has 1 atom stereocenters. The molecular weight excluding hydrogens is 471 g/mol. The van der Waals surface area contributed by atoms with Gasteiger partial charge in [-0.2, -0.15) is 0 Å². The van der Waals surface area contributed by atoms with E-state index in [0.717, 1.165) is 31.6 Å². The van der Waals surface area contributed by atoms with Crippen LogP contribution in [0.3, 0.4) is 0 Å². The Morgan fingerprint density at radius 1 is 1.06 bits per heavy atom. The first kappa shape index (κ1) is 24.5. The van der Waals surface area contributed by atoms with Crippen molar-refractivity contribution in [2.75, 3.05) is 29.9 Å². The topological polar surface area (TPSA) is 83.6 Å². The molecule has 2 amide bonds. The average molecular weight is 497 g/mol. The maximum absolute atomic E-state index is 14.5. The number of benzene rings is 2. The molecular formula is C26H26ClFN4O3. The molecule has 1 fully saturated rings. The number of rotatable bonds is 7. The highest BCUT2D eigenvalue weighted by atomic mass is 35.5. The number of carbonyl (C=O) groups is 2. The summed E-state index contributed by atoms with van der Waals surface area (Å²) in [6, 6.07) is 16.1. The van der Waals surface area contributed by atoms with Gasteiger partial charge in [0.2, 0.25) is 6.10 Å². The molecule has 35 heavy (non-hydrogen) atoms. The van der Waals surface area contributed by atoms with Crippen LogP contribution < -0.4 is 15.5 Å². The van der Waals surface area contributed by atoms with E-state index in [4.69, 9.17) is 16.3 Å². The second-order valence-electron chi connectivity index (χ2n) is 8.32. The zero-order valence-electron chi connectivity index (χ0n) is 19.0. The number of hydrogen-bond acceptors (Lipinski definition) is 5. The molecule has 4 rings (SSSR count). The Morgan fingerprint density at radius 2 is 1.74 bits per heavy atom. The third kappa shape index (κ3) is 6.70. The van der Waals surface area contributed by atoms with Gasteiger partial charge in [0.15, 0.2) is 0 Å². The van der Waals surface area contributed by atoms with Crippen LogP contribution in [0.1, 0.15) is 24.5 Å². The molecule has 0 bridgehead atoms. The van der Waals surface area contributed by atoms with Gasteiger partial charge < -0.3 is 15.0 Å². The van der Waals surface area contributed by atoms with Gasteiger partial charge in [-0.25, -0.2) is 9.18 Å². The van der Waals surface area contributed by atoms with Crippen molar-refractivity contribution in [2.45, 2.75) is 18.9 Å². The van der Waals surface area contributed by atoms with Crippen LogP contribution >= 0.6 is 11.6 Å². The summed E-state index contributed by atoms with van der Waals surface area (Å²) >= 11 is 5.87. The van der Waals surface area contributed by atoms with Gasteiger partial charge in [0.05, 0.1) is 0 Å². The number of nitrogens with one attached hydrogen (secondary N) is 2. The van der Waals surface area contributed by atoms with Crippen LogP contribution in [-0.2, 0) is 9.53 Å². The Morgan fingerprint density at radius 3 is 2.43 bits per heavy atom. The molecule has 1 aliphatic heterocycles. The van der Waals surface area contributed by atoms with Crippen LogP contribution in [0, 0.1) is 11.7 Å². The van der Waals surface area contributed by atoms with Crippen molar-refractivity contribution >= 4 is 35.0 Å². The second-order valence-corrected chi connectivity index (χ2v) is 8.76. The smallest absolute Gasteiger partial charge is 0.412 e. The predicted octanol–water partition coefficient (Wildman–Crippen LogP) is 5.20. The van der Waals surface area contributed by atoms with E-state index in [1.165, 1.54) is 18.2 Å². The van der Waals surface area contributed by atoms with Crippen molar-refractivity contribution in [2.24, 2.45) is 5.92 Å². The lowest BCUT2D eigenvalue weighted by atomic mass is 9.96. The Kier molecular flexibility index (Phi) is 8.15. The fraction of sp³-hybridized carbons (Fsp3) is 0.269. The van der Waals surface area contributed by atoms with E-state index in [2.05, 4.69) is 20.5 Å². The summed E-state index contributed by atoms with van der Waals surface area (Å²) < 4.78 is 19.9. The summed E-state index contributed by atoms with van der Waals surface area (Å²) in [5.74, 6) is -0.934. The highest BCUT2D eigenvalue weighted by Crippen LogP contribution is 2.25. The summed E-state index contributed by atoms with van der Waals surface area (Å²) in [6.07, 6.45) is 3.03. The van der Waals surface area contributed by atoms with Crippen molar-refractivity contribution in [1.29, 1.82) is 0 Å². The lowest BCUT2D eigenvalue weighted by Gasteiger charge is -2.33. The Hall–Kier alpha value is -3.65. The molecule has 7 nitrogen and oxygen atoms in total. The first-order valence-corrected chi connectivity index (χ1v) is 11.8. The van der Waals surface area contributed by atoms with Gasteiger partial charge in [-0.15, -0.1) is 0 Å². The van der Waals surface area contributed by atoms with Crippen LogP contribution in [0.5, 0.6) is 0 Å². The van der Waals surface area contributed by atoms with Gasteiger partial charge in [0, 0.05) is 54.0 Å². The van der Waals surface area contributed by atoms with E-state index in [9.17, 15) is 14.0 Å². The molecule has 1 aliphatic rings. The van der Waals surface area contributed by atoms with Gasteiger partial charge in [-0.1, -0.05) is 29.8 Å². The zero-order chi connectivity index (χ0) is 24.6. The van der Waals surface area contributed by atoms with Gasteiger partial charge in [-0.05, 0) is 61.2 Å². The maximum atomic E-state index is 14.5. The number of carbonyl (C=O) groups excluding carboxylic acids is 2. The quantitative estimate of drug-likeness (QED) is 0.470. The fourth-order valence-corrected chi connectivity index (χ4v) is 4.15. The highest BCUT2D eigenvalue weighted by molar-refractivity contribution is 6.30. The summed E-state index contributed by atoms with van der Waals surface area (Å²) in [7, 11) is 0. The number of halogens is 2. The highest BCUT2D eigenvalue weighted by Gasteiger charge is 2.29. The van der Waals surface area contributed by atoms with Crippen LogP contribution in [-0.4, -0.2) is 36.6 Å². The van der Waals surface area contributed by atoms with E-state index in [1.54, 1.807) is 42.7 Å². The molecule has 0 radical (unpaired) electrons. The number of aromatic nitrogens is 1. The van der Waals surface area contributed by atoms with Gasteiger partial charge in [0.1, 0.15) is 5.82 Å². The Balaban J connectivity index is 1.36. The van der Waals surface area contributed by atoms with Crippen molar-refractivity contribution < 1.29 is 18.7 Å². The third-order valence-corrected chi connectivity index (χ3v) is 6.20. The number of piperidine rings is 1. The van der Waals surface area contributed by atoms with E-state index < -0.39 is 23.9 Å². The number of hydrogen-bond donors (Lipinski definition) is 2. The van der Waals surface area contributed by atoms with Gasteiger partial charge >= 0.3 is 6.09 Å².